The minimum absolute atomic E-state index is 0. The monoisotopic (exact) mass is 221 g/mol. The molecule has 94 valence electrons. The highest BCUT2D eigenvalue weighted by atomic mass is 19.0. The molecule has 0 N–H and O–H groups in total. The van der Waals surface area contributed by atoms with E-state index in [2.05, 4.69) is 27.7 Å². The predicted octanol–water partition coefficient (Wildman–Crippen LogP) is -0.316. The summed E-state index contributed by atoms with van der Waals surface area (Å²) in [6.07, 6.45) is 2.56. The molecule has 0 saturated carbocycles. The molecule has 0 aromatic carbocycles. The predicted molar refractivity (Wildman–Crippen MR) is 62.5 cm³/mol. The highest BCUT2D eigenvalue weighted by Crippen LogP contribution is 2.03. The smallest absolute Gasteiger partial charge is 0.0757 e. The maximum absolute atomic E-state index is 4.94. The molecule has 3 heteroatoms. The average molecular weight is 221 g/mol. The third kappa shape index (κ3) is 6.85. The molecule has 0 aromatic rings. The first-order valence-electron chi connectivity index (χ1n) is 6.17. The van der Waals surface area contributed by atoms with E-state index in [-0.39, 0.29) is 4.70 Å². The van der Waals surface area contributed by atoms with Crippen LogP contribution in [0.4, 0.5) is 0 Å². The molecule has 1 fully saturated rings. The van der Waals surface area contributed by atoms with Gasteiger partial charge in [0.1, 0.15) is 0 Å². The maximum atomic E-state index is 4.94. The Kier molecular flexibility index (Phi) is 11.9. The maximum Gasteiger partial charge on any atom is 0.0757 e. The molecule has 1 aliphatic rings. The van der Waals surface area contributed by atoms with Crippen molar-refractivity contribution < 1.29 is 13.9 Å². The summed E-state index contributed by atoms with van der Waals surface area (Å²) in [5.41, 5.74) is 0. The molecule has 0 spiro atoms. The fraction of sp³-hybridized carbons (Fsp3) is 1.00. The van der Waals surface area contributed by atoms with E-state index in [0.717, 1.165) is 13.2 Å². The first-order chi connectivity index (χ1) is 6.74. The van der Waals surface area contributed by atoms with Gasteiger partial charge in [0.15, 0.2) is 0 Å². The summed E-state index contributed by atoms with van der Waals surface area (Å²) in [4.78, 5) is 0. The van der Waals surface area contributed by atoms with E-state index in [9.17, 15) is 0 Å². The Labute approximate surface area is 94.6 Å². The SMILES string of the molecule is C1CCOC1.CC[N+](CC)(CC)CC.[F-]. The van der Waals surface area contributed by atoms with Gasteiger partial charge in [0, 0.05) is 13.2 Å². The highest BCUT2D eigenvalue weighted by molar-refractivity contribution is 4.43. The Balaban J connectivity index is 0. The standard InChI is InChI=1S/C8H20N.C4H8O.FH/c1-5-9(6-2,7-3)8-4;1-2-4-5-3-1;/h5-8H2,1-4H3;1-4H2;1H/q+1;;/p-1. The highest BCUT2D eigenvalue weighted by Gasteiger charge is 2.16. The van der Waals surface area contributed by atoms with Gasteiger partial charge < -0.3 is 13.9 Å². The van der Waals surface area contributed by atoms with Gasteiger partial charge in [-0.2, -0.15) is 0 Å². The van der Waals surface area contributed by atoms with Gasteiger partial charge in [-0.3, -0.25) is 0 Å². The number of ether oxygens (including phenoxy) is 1. The fourth-order valence-corrected chi connectivity index (χ4v) is 1.85. The second-order valence-corrected chi connectivity index (χ2v) is 3.93. The van der Waals surface area contributed by atoms with E-state index in [0.29, 0.717) is 0 Å². The molecule has 0 bridgehead atoms. The largest absolute Gasteiger partial charge is 1.00 e. The Morgan fingerprint density at radius 3 is 1.20 bits per heavy atom. The second kappa shape index (κ2) is 10.4. The van der Waals surface area contributed by atoms with Gasteiger partial charge >= 0.3 is 0 Å². The summed E-state index contributed by atoms with van der Waals surface area (Å²) in [6.45, 7) is 16.2. The van der Waals surface area contributed by atoms with E-state index in [1.165, 1.54) is 43.5 Å². The fourth-order valence-electron chi connectivity index (χ4n) is 1.85. The van der Waals surface area contributed by atoms with Crippen molar-refractivity contribution in [1.82, 2.24) is 0 Å². The van der Waals surface area contributed by atoms with Gasteiger partial charge in [0.05, 0.1) is 26.2 Å². The number of rotatable bonds is 4. The van der Waals surface area contributed by atoms with Crippen LogP contribution in [0.1, 0.15) is 40.5 Å². The second-order valence-electron chi connectivity index (χ2n) is 3.93. The van der Waals surface area contributed by atoms with E-state index in [1.807, 2.05) is 0 Å². The summed E-state index contributed by atoms with van der Waals surface area (Å²) < 4.78 is 6.22. The van der Waals surface area contributed by atoms with Crippen molar-refractivity contribution in [3.63, 3.8) is 0 Å². The quantitative estimate of drug-likeness (QED) is 0.592. The van der Waals surface area contributed by atoms with Gasteiger partial charge in [0.25, 0.3) is 0 Å². The lowest BCUT2D eigenvalue weighted by Crippen LogP contribution is -3.00. The molecule has 2 nitrogen and oxygen atoms in total. The van der Waals surface area contributed by atoms with Crippen LogP contribution in [0.3, 0.4) is 0 Å². The zero-order valence-corrected chi connectivity index (χ0v) is 10.9. The van der Waals surface area contributed by atoms with Crippen molar-refractivity contribution in [3.8, 4) is 0 Å². The normalized spacial score (nSPS) is 15.2. The minimum atomic E-state index is 0. The van der Waals surface area contributed by atoms with Crippen LogP contribution in [0, 0.1) is 0 Å². The Morgan fingerprint density at radius 2 is 1.13 bits per heavy atom. The average Bonchev–Trinajstić information content (AvgIpc) is 2.80. The molecule has 0 aromatic heterocycles. The number of hydrogen-bond donors (Lipinski definition) is 0. The molecule has 1 aliphatic heterocycles. The zero-order valence-electron chi connectivity index (χ0n) is 10.9. The Bertz CT molecular complexity index is 97.7. The van der Waals surface area contributed by atoms with Crippen LogP contribution in [-0.2, 0) is 4.74 Å². The van der Waals surface area contributed by atoms with Crippen molar-refractivity contribution in [3.05, 3.63) is 0 Å². The van der Waals surface area contributed by atoms with Gasteiger partial charge in [-0.25, -0.2) is 0 Å². The van der Waals surface area contributed by atoms with Gasteiger partial charge in [-0.05, 0) is 40.5 Å². The number of quaternary nitrogens is 1. The van der Waals surface area contributed by atoms with Gasteiger partial charge in [-0.1, -0.05) is 0 Å². The molecule has 0 aliphatic carbocycles. The lowest BCUT2D eigenvalue weighted by atomic mass is 10.3. The number of nitrogens with zero attached hydrogens (tertiary/aromatic N) is 1. The molecular formula is C12H28FNO. The summed E-state index contributed by atoms with van der Waals surface area (Å²) in [6, 6.07) is 0. The summed E-state index contributed by atoms with van der Waals surface area (Å²) >= 11 is 0. The van der Waals surface area contributed by atoms with Crippen LogP contribution in [0.2, 0.25) is 0 Å². The lowest BCUT2D eigenvalue weighted by Gasteiger charge is -2.34. The van der Waals surface area contributed by atoms with Gasteiger partial charge in [-0.15, -0.1) is 0 Å². The summed E-state index contributed by atoms with van der Waals surface area (Å²) in [5.74, 6) is 0. The first-order valence-corrected chi connectivity index (χ1v) is 6.17. The molecule has 1 saturated heterocycles. The molecule has 0 amide bonds. The molecular weight excluding hydrogens is 193 g/mol. The van der Waals surface area contributed by atoms with Gasteiger partial charge in [0.2, 0.25) is 0 Å². The Morgan fingerprint density at radius 1 is 0.800 bits per heavy atom. The topological polar surface area (TPSA) is 9.23 Å². The molecule has 1 heterocycles. The molecule has 0 atom stereocenters. The molecule has 0 unspecified atom stereocenters. The van der Waals surface area contributed by atoms with E-state index < -0.39 is 0 Å². The van der Waals surface area contributed by atoms with E-state index in [4.69, 9.17) is 4.74 Å². The minimum Gasteiger partial charge on any atom is -1.00 e. The van der Waals surface area contributed by atoms with E-state index >= 15 is 0 Å². The van der Waals surface area contributed by atoms with Crippen LogP contribution >= 0.6 is 0 Å². The molecule has 0 radical (unpaired) electrons. The third-order valence-corrected chi connectivity index (χ3v) is 3.51. The number of halogens is 1. The van der Waals surface area contributed by atoms with Crippen molar-refractivity contribution in [2.24, 2.45) is 0 Å². The van der Waals surface area contributed by atoms with Crippen LogP contribution < -0.4 is 4.70 Å². The number of hydrogen-bond acceptors (Lipinski definition) is 1. The van der Waals surface area contributed by atoms with Crippen LogP contribution in [0.5, 0.6) is 0 Å². The summed E-state index contributed by atoms with van der Waals surface area (Å²) in [5, 5.41) is 0. The van der Waals surface area contributed by atoms with Crippen molar-refractivity contribution in [2.45, 2.75) is 40.5 Å². The lowest BCUT2D eigenvalue weighted by molar-refractivity contribution is -0.921. The first kappa shape index (κ1) is 17.3. The third-order valence-electron chi connectivity index (χ3n) is 3.51. The van der Waals surface area contributed by atoms with E-state index in [1.54, 1.807) is 0 Å². The molecule has 15 heavy (non-hydrogen) atoms. The Hall–Kier alpha value is -0.150. The van der Waals surface area contributed by atoms with Crippen molar-refractivity contribution in [1.29, 1.82) is 0 Å². The molecule has 1 rings (SSSR count). The van der Waals surface area contributed by atoms with Crippen molar-refractivity contribution >= 4 is 0 Å². The van der Waals surface area contributed by atoms with Crippen LogP contribution in [-0.4, -0.2) is 43.9 Å². The zero-order chi connectivity index (χ0) is 10.9. The van der Waals surface area contributed by atoms with Crippen LogP contribution in [0.15, 0.2) is 0 Å². The van der Waals surface area contributed by atoms with Crippen molar-refractivity contribution in [2.75, 3.05) is 39.4 Å². The summed E-state index contributed by atoms with van der Waals surface area (Å²) in [7, 11) is 0. The van der Waals surface area contributed by atoms with Crippen LogP contribution in [0.25, 0.3) is 0 Å².